The Morgan fingerprint density at radius 1 is 1.50 bits per heavy atom. The number of rotatable bonds is 4. The molecule has 3 nitrogen and oxygen atoms in total. The Morgan fingerprint density at radius 2 is 2.19 bits per heavy atom. The van der Waals surface area contributed by atoms with Crippen LogP contribution in [-0.2, 0) is 4.79 Å². The van der Waals surface area contributed by atoms with Crippen LogP contribution < -0.4 is 4.74 Å². The average Bonchev–Trinajstić information content (AvgIpc) is 3.04. The molecule has 1 atom stereocenters. The smallest absolute Gasteiger partial charge is 0.311 e. The van der Waals surface area contributed by atoms with E-state index in [2.05, 4.69) is 0 Å². The molecule has 2 rings (SSSR count). The van der Waals surface area contributed by atoms with Crippen LogP contribution in [0.3, 0.4) is 0 Å². The minimum Gasteiger partial charge on any atom is -0.497 e. The Morgan fingerprint density at radius 3 is 2.62 bits per heavy atom. The predicted octanol–water partition coefficient (Wildman–Crippen LogP) is 2.58. The highest BCUT2D eigenvalue weighted by atomic mass is 16.5. The third-order valence-electron chi connectivity index (χ3n) is 3.17. The molecule has 1 unspecified atom stereocenters. The van der Waals surface area contributed by atoms with Gasteiger partial charge in [0.15, 0.2) is 0 Å². The lowest BCUT2D eigenvalue weighted by atomic mass is 9.91. The van der Waals surface area contributed by atoms with Gasteiger partial charge in [-0.15, -0.1) is 0 Å². The molecule has 86 valence electrons. The second-order valence-electron chi connectivity index (χ2n) is 4.38. The van der Waals surface area contributed by atoms with Gasteiger partial charge in [-0.1, -0.05) is 6.07 Å². The molecule has 0 spiro atoms. The van der Waals surface area contributed by atoms with Gasteiger partial charge >= 0.3 is 5.97 Å². The molecule has 1 aliphatic carbocycles. The van der Waals surface area contributed by atoms with Gasteiger partial charge in [-0.3, -0.25) is 4.79 Å². The van der Waals surface area contributed by atoms with Crippen LogP contribution in [-0.4, -0.2) is 18.2 Å². The minimum atomic E-state index is -0.712. The lowest BCUT2D eigenvalue weighted by Crippen LogP contribution is -2.14. The van der Waals surface area contributed by atoms with Crippen LogP contribution in [0.15, 0.2) is 18.2 Å². The molecule has 16 heavy (non-hydrogen) atoms. The van der Waals surface area contributed by atoms with Crippen molar-refractivity contribution in [2.45, 2.75) is 25.7 Å². The number of ether oxygens (including phenoxy) is 1. The number of hydrogen-bond donors (Lipinski definition) is 1. The predicted molar refractivity (Wildman–Crippen MR) is 60.8 cm³/mol. The van der Waals surface area contributed by atoms with Crippen LogP contribution in [0, 0.1) is 12.8 Å². The van der Waals surface area contributed by atoms with E-state index in [0.717, 1.165) is 29.7 Å². The molecule has 3 heteroatoms. The standard InChI is InChI=1S/C13H16O3/c1-8-7-10(16-2)5-6-11(8)12(13(14)15)9-3-4-9/h5-7,9,12H,3-4H2,1-2H3,(H,14,15). The van der Waals surface area contributed by atoms with Crippen molar-refractivity contribution in [3.05, 3.63) is 29.3 Å². The van der Waals surface area contributed by atoms with Crippen molar-refractivity contribution in [2.24, 2.45) is 5.92 Å². The van der Waals surface area contributed by atoms with Crippen LogP contribution in [0.25, 0.3) is 0 Å². The SMILES string of the molecule is COc1ccc(C(C(=O)O)C2CC2)c(C)c1. The van der Waals surface area contributed by atoms with Crippen LogP contribution in [0.1, 0.15) is 29.9 Å². The molecule has 0 saturated heterocycles. The number of aryl methyl sites for hydroxylation is 1. The molecule has 0 amide bonds. The zero-order valence-corrected chi connectivity index (χ0v) is 9.56. The van der Waals surface area contributed by atoms with Gasteiger partial charge in [-0.25, -0.2) is 0 Å². The molecule has 0 aliphatic heterocycles. The number of carboxylic acids is 1. The number of methoxy groups -OCH3 is 1. The van der Waals surface area contributed by atoms with Crippen molar-refractivity contribution in [1.29, 1.82) is 0 Å². The normalized spacial score (nSPS) is 16.9. The molecule has 1 fully saturated rings. The Kier molecular flexibility index (Phi) is 2.86. The molecule has 0 aromatic heterocycles. The summed E-state index contributed by atoms with van der Waals surface area (Å²) in [7, 11) is 1.62. The van der Waals surface area contributed by atoms with Crippen LogP contribution in [0.2, 0.25) is 0 Å². The third kappa shape index (κ3) is 2.03. The first-order valence-corrected chi connectivity index (χ1v) is 5.51. The molecule has 0 bridgehead atoms. The largest absolute Gasteiger partial charge is 0.497 e. The Bertz CT molecular complexity index is 408. The Hall–Kier alpha value is -1.51. The first kappa shape index (κ1) is 11.0. The van der Waals surface area contributed by atoms with Gasteiger partial charge in [0.05, 0.1) is 13.0 Å². The molecule has 0 radical (unpaired) electrons. The highest BCUT2D eigenvalue weighted by molar-refractivity contribution is 5.77. The van der Waals surface area contributed by atoms with Gasteiger partial charge in [0, 0.05) is 0 Å². The fourth-order valence-corrected chi connectivity index (χ4v) is 2.14. The van der Waals surface area contributed by atoms with Crippen molar-refractivity contribution in [2.75, 3.05) is 7.11 Å². The molecular formula is C13H16O3. The van der Waals surface area contributed by atoms with Crippen LogP contribution in [0.5, 0.6) is 5.75 Å². The number of aliphatic carboxylic acids is 1. The Labute approximate surface area is 95.0 Å². The van der Waals surface area contributed by atoms with Crippen molar-refractivity contribution >= 4 is 5.97 Å². The molecular weight excluding hydrogens is 204 g/mol. The molecule has 1 aliphatic rings. The van der Waals surface area contributed by atoms with E-state index in [1.54, 1.807) is 7.11 Å². The first-order valence-electron chi connectivity index (χ1n) is 5.51. The summed E-state index contributed by atoms with van der Waals surface area (Å²) in [4.78, 5) is 11.3. The second-order valence-corrected chi connectivity index (χ2v) is 4.38. The van der Waals surface area contributed by atoms with E-state index in [9.17, 15) is 9.90 Å². The molecule has 1 aromatic carbocycles. The Balaban J connectivity index is 2.34. The average molecular weight is 220 g/mol. The van der Waals surface area contributed by atoms with Crippen LogP contribution in [0.4, 0.5) is 0 Å². The van der Waals surface area contributed by atoms with E-state index in [1.165, 1.54) is 0 Å². The third-order valence-corrected chi connectivity index (χ3v) is 3.17. The van der Waals surface area contributed by atoms with E-state index in [1.807, 2.05) is 25.1 Å². The zero-order chi connectivity index (χ0) is 11.7. The van der Waals surface area contributed by atoms with Gasteiger partial charge in [0.2, 0.25) is 0 Å². The molecule has 0 heterocycles. The van der Waals surface area contributed by atoms with Crippen LogP contribution >= 0.6 is 0 Å². The summed E-state index contributed by atoms with van der Waals surface area (Å²) in [6.07, 6.45) is 2.06. The summed E-state index contributed by atoms with van der Waals surface area (Å²) in [5.41, 5.74) is 1.93. The second kappa shape index (κ2) is 4.16. The lowest BCUT2D eigenvalue weighted by molar-refractivity contribution is -0.139. The van der Waals surface area contributed by atoms with Crippen molar-refractivity contribution in [3.8, 4) is 5.75 Å². The molecule has 1 aromatic rings. The first-order chi connectivity index (χ1) is 7.63. The summed E-state index contributed by atoms with van der Waals surface area (Å²) in [5.74, 6) is 0.0486. The zero-order valence-electron chi connectivity index (χ0n) is 9.56. The monoisotopic (exact) mass is 220 g/mol. The summed E-state index contributed by atoms with van der Waals surface area (Å²) >= 11 is 0. The van der Waals surface area contributed by atoms with Crippen molar-refractivity contribution in [3.63, 3.8) is 0 Å². The maximum Gasteiger partial charge on any atom is 0.311 e. The van der Waals surface area contributed by atoms with Crippen molar-refractivity contribution < 1.29 is 14.6 Å². The summed E-state index contributed by atoms with van der Waals surface area (Å²) in [6.45, 7) is 1.94. The van der Waals surface area contributed by atoms with Gasteiger partial charge in [-0.2, -0.15) is 0 Å². The number of hydrogen-bond acceptors (Lipinski definition) is 2. The van der Waals surface area contributed by atoms with E-state index >= 15 is 0 Å². The van der Waals surface area contributed by atoms with Gasteiger partial charge < -0.3 is 9.84 Å². The van der Waals surface area contributed by atoms with Gasteiger partial charge in [0.25, 0.3) is 0 Å². The summed E-state index contributed by atoms with van der Waals surface area (Å²) in [6, 6.07) is 5.61. The quantitative estimate of drug-likeness (QED) is 0.848. The van der Waals surface area contributed by atoms with E-state index in [0.29, 0.717) is 5.92 Å². The van der Waals surface area contributed by atoms with E-state index in [-0.39, 0.29) is 5.92 Å². The maximum absolute atomic E-state index is 11.3. The van der Waals surface area contributed by atoms with Gasteiger partial charge in [0.1, 0.15) is 5.75 Å². The highest BCUT2D eigenvalue weighted by Crippen LogP contribution is 2.44. The number of carbonyl (C=O) groups is 1. The number of carboxylic acid groups (broad SMARTS) is 1. The van der Waals surface area contributed by atoms with E-state index in [4.69, 9.17) is 4.74 Å². The van der Waals surface area contributed by atoms with E-state index < -0.39 is 5.97 Å². The summed E-state index contributed by atoms with van der Waals surface area (Å²) in [5, 5.41) is 9.26. The highest BCUT2D eigenvalue weighted by Gasteiger charge is 2.37. The van der Waals surface area contributed by atoms with Crippen molar-refractivity contribution in [1.82, 2.24) is 0 Å². The minimum absolute atomic E-state index is 0.324. The number of benzene rings is 1. The maximum atomic E-state index is 11.3. The molecule has 1 N–H and O–H groups in total. The summed E-state index contributed by atoms with van der Waals surface area (Å²) < 4.78 is 5.12. The fraction of sp³-hybridized carbons (Fsp3) is 0.462. The topological polar surface area (TPSA) is 46.5 Å². The molecule has 1 saturated carbocycles. The lowest BCUT2D eigenvalue weighted by Gasteiger charge is -2.15. The fourth-order valence-electron chi connectivity index (χ4n) is 2.14. The van der Waals surface area contributed by atoms with Gasteiger partial charge in [-0.05, 0) is 48.9 Å².